The Morgan fingerprint density at radius 1 is 1.42 bits per heavy atom. The molecule has 0 atom stereocenters. The van der Waals surface area contributed by atoms with Crippen molar-refractivity contribution < 1.29 is 0 Å². The van der Waals surface area contributed by atoms with Crippen LogP contribution in [0.15, 0.2) is 23.3 Å². The average Bonchev–Trinajstić information content (AvgIpc) is 2.08. The topological polar surface area (TPSA) is 48.8 Å². The third kappa shape index (κ3) is 2.05. The van der Waals surface area contributed by atoms with Crippen LogP contribution in [-0.4, -0.2) is 0 Å². The van der Waals surface area contributed by atoms with E-state index in [2.05, 4.69) is 10.0 Å². The quantitative estimate of drug-likeness (QED) is 0.397. The fourth-order valence-corrected chi connectivity index (χ4v) is 1.16. The maximum atomic E-state index is 8.07. The van der Waals surface area contributed by atoms with Crippen molar-refractivity contribution in [2.24, 2.45) is 5.11 Å². The molecule has 62 valence electrons. The molecule has 0 fully saturated rings. The van der Waals surface area contributed by atoms with Gasteiger partial charge in [0.2, 0.25) is 0 Å². The van der Waals surface area contributed by atoms with E-state index in [0.29, 0.717) is 10.0 Å². The molecule has 0 aromatic heterocycles. The molecular weight excluding hydrogens is 197 g/mol. The van der Waals surface area contributed by atoms with Crippen LogP contribution in [0.3, 0.4) is 0 Å². The van der Waals surface area contributed by atoms with Gasteiger partial charge >= 0.3 is 0 Å². The summed E-state index contributed by atoms with van der Waals surface area (Å²) in [5, 5.41) is 4.31. The van der Waals surface area contributed by atoms with Gasteiger partial charge in [0.25, 0.3) is 0 Å². The molecule has 0 saturated carbocycles. The van der Waals surface area contributed by atoms with Gasteiger partial charge in [-0.2, -0.15) is 0 Å². The van der Waals surface area contributed by atoms with E-state index in [4.69, 9.17) is 28.7 Å². The van der Waals surface area contributed by atoms with E-state index in [9.17, 15) is 0 Å². The highest BCUT2D eigenvalue weighted by Gasteiger charge is 2.01. The second kappa shape index (κ2) is 4.21. The van der Waals surface area contributed by atoms with Gasteiger partial charge in [0, 0.05) is 4.91 Å². The zero-order valence-electron chi connectivity index (χ0n) is 6.04. The fraction of sp³-hybridized carbons (Fsp3) is 0.143. The van der Waals surface area contributed by atoms with Crippen LogP contribution in [-0.2, 0) is 6.54 Å². The summed E-state index contributed by atoms with van der Waals surface area (Å²) in [5.41, 5.74) is 8.81. The molecule has 5 heteroatoms. The Morgan fingerprint density at radius 2 is 2.17 bits per heavy atom. The van der Waals surface area contributed by atoms with Gasteiger partial charge in [0.15, 0.2) is 0 Å². The number of halogens is 2. The Kier molecular flexibility index (Phi) is 3.23. The van der Waals surface area contributed by atoms with Crippen molar-refractivity contribution >= 4 is 23.2 Å². The fourth-order valence-electron chi connectivity index (χ4n) is 0.778. The highest BCUT2D eigenvalue weighted by molar-refractivity contribution is 6.42. The van der Waals surface area contributed by atoms with Gasteiger partial charge in [-0.05, 0) is 17.2 Å². The lowest BCUT2D eigenvalue weighted by atomic mass is 10.2. The predicted octanol–water partition coefficient (Wildman–Crippen LogP) is 3.80. The SMILES string of the molecule is [N-]=[N+]=NCc1cccc(Cl)c1Cl. The van der Waals surface area contributed by atoms with Crippen molar-refractivity contribution in [3.8, 4) is 0 Å². The van der Waals surface area contributed by atoms with E-state index in [0.717, 1.165) is 5.56 Å². The number of nitrogens with zero attached hydrogens (tertiary/aromatic N) is 3. The Bertz CT molecular complexity index is 331. The van der Waals surface area contributed by atoms with Gasteiger partial charge in [-0.15, -0.1) is 0 Å². The average molecular weight is 202 g/mol. The Morgan fingerprint density at radius 3 is 2.83 bits per heavy atom. The largest absolute Gasteiger partial charge is 0.0892 e. The van der Waals surface area contributed by atoms with Gasteiger partial charge in [0.1, 0.15) is 0 Å². The first-order valence-electron chi connectivity index (χ1n) is 3.19. The number of benzene rings is 1. The van der Waals surface area contributed by atoms with Crippen molar-refractivity contribution in [3.63, 3.8) is 0 Å². The van der Waals surface area contributed by atoms with E-state index >= 15 is 0 Å². The maximum Gasteiger partial charge on any atom is 0.0625 e. The summed E-state index contributed by atoms with van der Waals surface area (Å²) < 4.78 is 0. The van der Waals surface area contributed by atoms with Crippen molar-refractivity contribution in [2.75, 3.05) is 0 Å². The summed E-state index contributed by atoms with van der Waals surface area (Å²) in [6.07, 6.45) is 0. The minimum Gasteiger partial charge on any atom is -0.0892 e. The van der Waals surface area contributed by atoms with Crippen molar-refractivity contribution in [2.45, 2.75) is 6.54 Å². The molecule has 0 radical (unpaired) electrons. The molecule has 0 N–H and O–H groups in total. The third-order valence-electron chi connectivity index (χ3n) is 1.34. The van der Waals surface area contributed by atoms with Crippen LogP contribution in [0.25, 0.3) is 10.4 Å². The molecule has 0 unspecified atom stereocenters. The summed E-state index contributed by atoms with van der Waals surface area (Å²) in [4.78, 5) is 2.63. The highest BCUT2D eigenvalue weighted by Crippen LogP contribution is 2.25. The van der Waals surface area contributed by atoms with Gasteiger partial charge < -0.3 is 0 Å². The lowest BCUT2D eigenvalue weighted by Gasteiger charge is -2.00. The molecule has 1 rings (SSSR count). The molecule has 1 aromatic carbocycles. The zero-order valence-corrected chi connectivity index (χ0v) is 7.55. The van der Waals surface area contributed by atoms with E-state index < -0.39 is 0 Å². The summed E-state index contributed by atoms with van der Waals surface area (Å²) in [6.45, 7) is 0.232. The van der Waals surface area contributed by atoms with E-state index in [1.54, 1.807) is 18.2 Å². The Hall–Kier alpha value is -0.890. The molecule has 0 aliphatic carbocycles. The molecule has 0 spiro atoms. The van der Waals surface area contributed by atoms with Crippen molar-refractivity contribution in [1.29, 1.82) is 0 Å². The van der Waals surface area contributed by atoms with Crippen LogP contribution >= 0.6 is 23.2 Å². The molecular formula is C7H5Cl2N3. The minimum absolute atomic E-state index is 0.232. The normalized spacial score (nSPS) is 9.17. The van der Waals surface area contributed by atoms with Crippen LogP contribution < -0.4 is 0 Å². The van der Waals surface area contributed by atoms with Gasteiger partial charge in [-0.1, -0.05) is 40.4 Å². The highest BCUT2D eigenvalue weighted by atomic mass is 35.5. The molecule has 12 heavy (non-hydrogen) atoms. The first-order valence-corrected chi connectivity index (χ1v) is 3.95. The van der Waals surface area contributed by atoms with Crippen LogP contribution in [0.2, 0.25) is 10.0 Å². The van der Waals surface area contributed by atoms with Crippen LogP contribution in [0.5, 0.6) is 0 Å². The lowest BCUT2D eigenvalue weighted by molar-refractivity contribution is 1.05. The Balaban J connectivity index is 2.99. The maximum absolute atomic E-state index is 8.07. The van der Waals surface area contributed by atoms with Crippen molar-refractivity contribution in [1.82, 2.24) is 0 Å². The standard InChI is InChI=1S/C7H5Cl2N3/c8-6-3-1-2-5(7(6)9)4-11-12-10/h1-3H,4H2. The van der Waals surface area contributed by atoms with E-state index in [1.165, 1.54) is 0 Å². The first-order chi connectivity index (χ1) is 5.75. The predicted molar refractivity (Wildman–Crippen MR) is 49.3 cm³/mol. The summed E-state index contributed by atoms with van der Waals surface area (Å²) >= 11 is 11.5. The smallest absolute Gasteiger partial charge is 0.0625 e. The van der Waals surface area contributed by atoms with Crippen LogP contribution in [0.4, 0.5) is 0 Å². The van der Waals surface area contributed by atoms with Gasteiger partial charge in [0.05, 0.1) is 16.6 Å². The Labute approximate surface area is 79.5 Å². The number of hydrogen-bond donors (Lipinski definition) is 0. The van der Waals surface area contributed by atoms with Crippen molar-refractivity contribution in [3.05, 3.63) is 44.3 Å². The molecule has 0 bridgehead atoms. The summed E-state index contributed by atoms with van der Waals surface area (Å²) in [7, 11) is 0. The number of rotatable bonds is 2. The number of hydrogen-bond acceptors (Lipinski definition) is 1. The third-order valence-corrected chi connectivity index (χ3v) is 2.19. The summed E-state index contributed by atoms with van der Waals surface area (Å²) in [6, 6.07) is 5.21. The van der Waals surface area contributed by atoms with E-state index in [-0.39, 0.29) is 6.54 Å². The zero-order chi connectivity index (χ0) is 8.97. The molecule has 1 aromatic rings. The molecule has 0 aliphatic rings. The van der Waals surface area contributed by atoms with E-state index in [1.807, 2.05) is 0 Å². The monoisotopic (exact) mass is 201 g/mol. The molecule has 3 nitrogen and oxygen atoms in total. The first kappa shape index (κ1) is 9.20. The van der Waals surface area contributed by atoms with Gasteiger partial charge in [-0.25, -0.2) is 0 Å². The van der Waals surface area contributed by atoms with Crippen LogP contribution in [0.1, 0.15) is 5.56 Å². The molecule has 0 amide bonds. The minimum atomic E-state index is 0.232. The molecule has 0 heterocycles. The summed E-state index contributed by atoms with van der Waals surface area (Å²) in [5.74, 6) is 0. The second-order valence-corrected chi connectivity index (χ2v) is 2.89. The van der Waals surface area contributed by atoms with Gasteiger partial charge in [-0.3, -0.25) is 0 Å². The molecule has 0 saturated heterocycles. The van der Waals surface area contributed by atoms with Crippen LogP contribution in [0, 0.1) is 0 Å². The lowest BCUT2D eigenvalue weighted by Crippen LogP contribution is -1.82. The molecule has 0 aliphatic heterocycles. The second-order valence-electron chi connectivity index (χ2n) is 2.10. The number of azide groups is 1.